The van der Waals surface area contributed by atoms with Crippen molar-refractivity contribution in [2.24, 2.45) is 0 Å². The zero-order chi connectivity index (χ0) is 30.7. The summed E-state index contributed by atoms with van der Waals surface area (Å²) in [6, 6.07) is 15.7. The van der Waals surface area contributed by atoms with E-state index in [-0.39, 0.29) is 0 Å². The van der Waals surface area contributed by atoms with Crippen LogP contribution in [0.4, 0.5) is 4.79 Å². The molecule has 4 atom stereocenters. The van der Waals surface area contributed by atoms with Gasteiger partial charge in [0.25, 0.3) is 0 Å². The number of benzene rings is 2. The minimum absolute atomic E-state index is 0.399. The number of nitrogens with zero attached hydrogens (tertiary/aromatic N) is 2. The fraction of sp³-hybridized carbons (Fsp3) is 0.323. The minimum atomic E-state index is -1.13. The summed E-state index contributed by atoms with van der Waals surface area (Å²) in [6.07, 6.45) is 0.0158. The number of aromatic nitrogens is 1. The number of esters is 1. The summed E-state index contributed by atoms with van der Waals surface area (Å²) in [5, 5.41) is 6.46. The van der Waals surface area contributed by atoms with Crippen LogP contribution < -0.4 is 10.6 Å². The lowest BCUT2D eigenvalue weighted by Gasteiger charge is -2.53. The van der Waals surface area contributed by atoms with E-state index in [1.807, 2.05) is 60.7 Å². The van der Waals surface area contributed by atoms with Gasteiger partial charge in [-0.25, -0.2) is 14.0 Å². The zero-order valence-electron chi connectivity index (χ0n) is 23.9. The van der Waals surface area contributed by atoms with Crippen LogP contribution in [0.3, 0.4) is 0 Å². The number of carbonyl (C=O) groups is 4. The van der Waals surface area contributed by atoms with E-state index in [2.05, 4.69) is 21.6 Å². The van der Waals surface area contributed by atoms with Crippen molar-refractivity contribution in [1.82, 2.24) is 19.9 Å². The smallest absolute Gasteiger partial charge is 0.408 e. The lowest BCUT2D eigenvalue weighted by molar-refractivity contribution is -0.165. The highest BCUT2D eigenvalue weighted by Gasteiger charge is 2.57. The molecule has 5 rings (SSSR count). The van der Waals surface area contributed by atoms with Crippen molar-refractivity contribution in [3.8, 4) is 0 Å². The summed E-state index contributed by atoms with van der Waals surface area (Å²) >= 11 is 2.52. The molecule has 3 amide bonds. The van der Waals surface area contributed by atoms with Gasteiger partial charge in [0.1, 0.15) is 23.1 Å². The van der Waals surface area contributed by atoms with Gasteiger partial charge < -0.3 is 25.0 Å². The van der Waals surface area contributed by atoms with Crippen molar-refractivity contribution >= 4 is 47.2 Å². The van der Waals surface area contributed by atoms with Gasteiger partial charge in [0, 0.05) is 22.9 Å². The number of thioether (sulfide) groups is 1. The zero-order valence-corrected chi connectivity index (χ0v) is 25.5. The Morgan fingerprint density at radius 1 is 1.02 bits per heavy atom. The van der Waals surface area contributed by atoms with Crippen LogP contribution in [0.15, 0.2) is 84.4 Å². The van der Waals surface area contributed by atoms with Crippen molar-refractivity contribution in [1.29, 1.82) is 0 Å². The molecule has 2 N–H and O–H groups in total. The Hall–Kier alpha value is -4.16. The minimum Gasteiger partial charge on any atom is -0.451 e. The second kappa shape index (κ2) is 12.6. The first-order valence-corrected chi connectivity index (χ1v) is 15.5. The summed E-state index contributed by atoms with van der Waals surface area (Å²) in [6.45, 7) is 9.21. The van der Waals surface area contributed by atoms with Gasteiger partial charge in [0.15, 0.2) is 12.1 Å². The van der Waals surface area contributed by atoms with Crippen LogP contribution in [-0.2, 0) is 23.9 Å². The summed E-state index contributed by atoms with van der Waals surface area (Å²) in [4.78, 5) is 54.5. The van der Waals surface area contributed by atoms with E-state index >= 15 is 0 Å². The highest BCUT2D eigenvalue weighted by Crippen LogP contribution is 2.41. The Morgan fingerprint density at radius 3 is 2.21 bits per heavy atom. The summed E-state index contributed by atoms with van der Waals surface area (Å²) in [7, 11) is 0. The van der Waals surface area contributed by atoms with E-state index in [4.69, 9.17) is 9.47 Å². The number of carbonyl (C=O) groups excluding carboxylic acids is 4. The van der Waals surface area contributed by atoms with Crippen LogP contribution in [0, 0.1) is 0 Å². The number of ether oxygens (including phenoxy) is 2. The lowest BCUT2D eigenvalue weighted by atomic mass is 9.97. The molecular weight excluding hydrogens is 588 g/mol. The largest absolute Gasteiger partial charge is 0.451 e. The maximum absolute atomic E-state index is 13.7. The molecule has 10 nitrogen and oxygen atoms in total. The SMILES string of the molecule is C=C1CS[C@H]2[C@H](NC(=O)C(NC(=O)OC(C)(C)C)c3cnsc3)C(=O)N2[C@H]1C(=O)OC(c1ccccc1)c1ccccc1. The van der Waals surface area contributed by atoms with Gasteiger partial charge >= 0.3 is 12.1 Å². The van der Waals surface area contributed by atoms with Crippen molar-refractivity contribution < 1.29 is 28.7 Å². The van der Waals surface area contributed by atoms with Gasteiger partial charge in [-0.2, -0.15) is 0 Å². The summed E-state index contributed by atoms with van der Waals surface area (Å²) in [5.41, 5.74) is 1.81. The molecule has 2 aliphatic rings. The molecule has 0 saturated carbocycles. The van der Waals surface area contributed by atoms with Gasteiger partial charge in [-0.15, -0.1) is 11.8 Å². The molecule has 0 spiro atoms. The number of nitrogens with one attached hydrogen (secondary N) is 2. The highest BCUT2D eigenvalue weighted by atomic mass is 32.2. The average molecular weight is 621 g/mol. The van der Waals surface area contributed by atoms with Crippen LogP contribution >= 0.6 is 23.3 Å². The van der Waals surface area contributed by atoms with E-state index in [9.17, 15) is 19.2 Å². The number of fused-ring (bicyclic) bond motifs is 1. The van der Waals surface area contributed by atoms with Gasteiger partial charge in [0.05, 0.1) is 0 Å². The molecule has 1 unspecified atom stereocenters. The van der Waals surface area contributed by atoms with Crippen LogP contribution in [0.25, 0.3) is 0 Å². The monoisotopic (exact) mass is 620 g/mol. The second-order valence-corrected chi connectivity index (χ2v) is 12.9. The summed E-state index contributed by atoms with van der Waals surface area (Å²) < 4.78 is 15.4. The molecule has 1 aromatic heterocycles. The molecule has 0 aliphatic carbocycles. The highest BCUT2D eigenvalue weighted by molar-refractivity contribution is 8.00. The molecule has 2 aliphatic heterocycles. The molecular formula is C31H32N4O6S2. The Labute approximate surface area is 258 Å². The molecule has 224 valence electrons. The maximum atomic E-state index is 13.7. The van der Waals surface area contributed by atoms with E-state index in [1.165, 1.54) is 22.9 Å². The molecule has 43 heavy (non-hydrogen) atoms. The lowest BCUT2D eigenvalue weighted by Crippen LogP contribution is -2.75. The van der Waals surface area contributed by atoms with Crippen molar-refractivity contribution in [2.45, 2.75) is 56.0 Å². The molecule has 0 bridgehead atoms. The van der Waals surface area contributed by atoms with E-state index in [0.717, 1.165) is 22.7 Å². The topological polar surface area (TPSA) is 127 Å². The number of rotatable bonds is 8. The maximum Gasteiger partial charge on any atom is 0.408 e. The predicted octanol–water partition coefficient (Wildman–Crippen LogP) is 4.37. The molecule has 3 aromatic rings. The number of β-lactam (4-membered cyclic amide) rings is 1. The van der Waals surface area contributed by atoms with Gasteiger partial charge in [0.2, 0.25) is 11.8 Å². The number of hydrogen-bond acceptors (Lipinski definition) is 9. The van der Waals surface area contributed by atoms with Crippen LogP contribution in [0.2, 0.25) is 0 Å². The quantitative estimate of drug-likeness (QED) is 0.216. The molecule has 0 radical (unpaired) electrons. The summed E-state index contributed by atoms with van der Waals surface area (Å²) in [5.74, 6) is -1.24. The predicted molar refractivity (Wildman–Crippen MR) is 163 cm³/mol. The first kappa shape index (κ1) is 30.3. The Balaban J connectivity index is 1.31. The number of amides is 3. The van der Waals surface area contributed by atoms with E-state index in [0.29, 0.717) is 16.9 Å². The Bertz CT molecular complexity index is 1450. The van der Waals surface area contributed by atoms with Crippen molar-refractivity contribution in [3.63, 3.8) is 0 Å². The normalized spacial score (nSPS) is 20.5. The third-order valence-electron chi connectivity index (χ3n) is 6.85. The molecule has 2 saturated heterocycles. The number of alkyl carbamates (subject to hydrolysis) is 1. The fourth-order valence-electron chi connectivity index (χ4n) is 4.90. The van der Waals surface area contributed by atoms with Crippen LogP contribution in [0.5, 0.6) is 0 Å². The third-order valence-corrected chi connectivity index (χ3v) is 8.83. The average Bonchev–Trinajstić information content (AvgIpc) is 3.52. The molecule has 12 heteroatoms. The molecule has 2 fully saturated rings. The number of hydrogen-bond donors (Lipinski definition) is 2. The van der Waals surface area contributed by atoms with Gasteiger partial charge in [-0.05, 0) is 49.0 Å². The Kier molecular flexibility index (Phi) is 8.88. The third kappa shape index (κ3) is 6.75. The standard InChI is InChI=1S/C31H32N4O6S2/c1-18-16-42-28-23(33-26(36)22(21-15-32-43-17-21)34-30(39)41-31(2,3)4)27(37)35(28)24(18)29(38)40-25(19-11-7-5-8-12-19)20-13-9-6-10-14-20/h5-15,17,22-25,28H,1,16H2,2-4H3,(H,33,36)(H,34,39)/t22?,23-,24-,28+/m1/s1. The van der Waals surface area contributed by atoms with Gasteiger partial charge in [-0.3, -0.25) is 9.59 Å². The fourth-order valence-corrected chi connectivity index (χ4v) is 6.77. The first-order chi connectivity index (χ1) is 20.5. The first-order valence-electron chi connectivity index (χ1n) is 13.6. The Morgan fingerprint density at radius 2 is 1.65 bits per heavy atom. The van der Waals surface area contributed by atoms with Crippen LogP contribution in [-0.4, -0.2) is 62.0 Å². The van der Waals surface area contributed by atoms with Crippen molar-refractivity contribution in [3.05, 3.63) is 101 Å². The van der Waals surface area contributed by atoms with Gasteiger partial charge in [-0.1, -0.05) is 67.2 Å². The van der Waals surface area contributed by atoms with E-state index in [1.54, 1.807) is 26.2 Å². The van der Waals surface area contributed by atoms with E-state index < -0.39 is 59.1 Å². The molecule has 3 heterocycles. The molecule has 2 aromatic carbocycles. The second-order valence-electron chi connectivity index (χ2n) is 11.2. The van der Waals surface area contributed by atoms with Crippen LogP contribution in [0.1, 0.15) is 49.6 Å². The van der Waals surface area contributed by atoms with Crippen molar-refractivity contribution in [2.75, 3.05) is 5.75 Å².